The van der Waals surface area contributed by atoms with Gasteiger partial charge < -0.3 is 8.98 Å². The molecule has 3 aromatic heterocycles. The molecule has 0 bridgehead atoms. The zero-order chi connectivity index (χ0) is 33.0. The number of aromatic nitrogens is 4. The molecule has 10 aromatic rings. The molecule has 0 fully saturated rings. The van der Waals surface area contributed by atoms with Crippen molar-refractivity contribution in [2.75, 3.05) is 0 Å². The minimum absolute atomic E-state index is 0.502. The van der Waals surface area contributed by atoms with Crippen LogP contribution in [-0.4, -0.2) is 19.7 Å². The largest absolute Gasteiger partial charge is 0.416 e. The summed E-state index contributed by atoms with van der Waals surface area (Å²) in [7, 11) is 0. The number of rotatable bonds is 5. The van der Waals surface area contributed by atoms with Gasteiger partial charge in [-0.3, -0.25) is 0 Å². The first-order chi connectivity index (χ1) is 24.8. The molecular formula is C45H28N4O. The van der Waals surface area contributed by atoms with Gasteiger partial charge in [0.15, 0.2) is 0 Å². The van der Waals surface area contributed by atoms with Gasteiger partial charge in [-0.2, -0.15) is 0 Å². The molecule has 10 rings (SSSR count). The third kappa shape index (κ3) is 4.52. The Balaban J connectivity index is 1.10. The highest BCUT2D eigenvalue weighted by Gasteiger charge is 2.19. The van der Waals surface area contributed by atoms with Crippen LogP contribution in [0.1, 0.15) is 0 Å². The minimum Gasteiger partial charge on any atom is -0.416 e. The van der Waals surface area contributed by atoms with Crippen LogP contribution < -0.4 is 0 Å². The van der Waals surface area contributed by atoms with Gasteiger partial charge >= 0.3 is 0 Å². The molecule has 0 N–H and O–H groups in total. The van der Waals surface area contributed by atoms with Gasteiger partial charge in [0, 0.05) is 49.3 Å². The highest BCUT2D eigenvalue weighted by Crippen LogP contribution is 2.42. The molecule has 3 heterocycles. The summed E-state index contributed by atoms with van der Waals surface area (Å²) < 4.78 is 8.41. The van der Waals surface area contributed by atoms with Crippen molar-refractivity contribution >= 4 is 43.5 Å². The van der Waals surface area contributed by atoms with Crippen molar-refractivity contribution in [2.45, 2.75) is 0 Å². The second-order valence-electron chi connectivity index (χ2n) is 12.5. The van der Waals surface area contributed by atoms with Crippen LogP contribution in [-0.2, 0) is 0 Å². The lowest BCUT2D eigenvalue weighted by Gasteiger charge is -2.14. The number of hydrogen-bond acceptors (Lipinski definition) is 4. The van der Waals surface area contributed by atoms with E-state index in [2.05, 4.69) is 142 Å². The van der Waals surface area contributed by atoms with E-state index in [1.165, 1.54) is 27.2 Å². The van der Waals surface area contributed by atoms with Crippen molar-refractivity contribution in [3.05, 3.63) is 170 Å². The Bertz CT molecular complexity index is 2840. The van der Waals surface area contributed by atoms with Crippen LogP contribution in [0, 0.1) is 0 Å². The van der Waals surface area contributed by atoms with Gasteiger partial charge in [-0.15, -0.1) is 10.2 Å². The molecule has 5 heteroatoms. The van der Waals surface area contributed by atoms with Gasteiger partial charge in [-0.05, 0) is 59.7 Å². The maximum Gasteiger partial charge on any atom is 0.248 e. The second kappa shape index (κ2) is 11.4. The van der Waals surface area contributed by atoms with Gasteiger partial charge in [0.2, 0.25) is 11.8 Å². The predicted octanol–water partition coefficient (Wildman–Crippen LogP) is 11.5. The number of fused-ring (bicyclic) bond motifs is 7. The van der Waals surface area contributed by atoms with Gasteiger partial charge in [0.1, 0.15) is 0 Å². The summed E-state index contributed by atoms with van der Waals surface area (Å²) in [6, 6.07) is 59.2. The van der Waals surface area contributed by atoms with Crippen LogP contribution in [0.2, 0.25) is 0 Å². The third-order valence-electron chi connectivity index (χ3n) is 9.58. The molecule has 0 unspecified atom stereocenters. The van der Waals surface area contributed by atoms with Gasteiger partial charge in [-0.1, -0.05) is 121 Å². The smallest absolute Gasteiger partial charge is 0.248 e. The van der Waals surface area contributed by atoms with Crippen LogP contribution in [0.25, 0.3) is 94.5 Å². The Morgan fingerprint density at radius 1 is 0.400 bits per heavy atom. The van der Waals surface area contributed by atoms with E-state index in [0.29, 0.717) is 11.8 Å². The third-order valence-corrected chi connectivity index (χ3v) is 9.58. The van der Waals surface area contributed by atoms with E-state index in [-0.39, 0.29) is 0 Å². The number of para-hydroxylation sites is 2. The Kier molecular flexibility index (Phi) is 6.42. The molecule has 0 aliphatic heterocycles. The van der Waals surface area contributed by atoms with Crippen molar-refractivity contribution in [1.29, 1.82) is 0 Å². The summed E-state index contributed by atoms with van der Waals surface area (Å²) in [6.07, 6.45) is 0. The van der Waals surface area contributed by atoms with E-state index in [9.17, 15) is 0 Å². The van der Waals surface area contributed by atoms with Gasteiger partial charge in [0.05, 0.1) is 22.2 Å². The number of pyridine rings is 1. The summed E-state index contributed by atoms with van der Waals surface area (Å²) in [4.78, 5) is 5.20. The number of nitrogens with zero attached hydrogens (tertiary/aromatic N) is 4. The van der Waals surface area contributed by atoms with E-state index in [4.69, 9.17) is 9.40 Å². The van der Waals surface area contributed by atoms with Crippen molar-refractivity contribution in [1.82, 2.24) is 19.7 Å². The first-order valence-corrected chi connectivity index (χ1v) is 16.7. The molecular weight excluding hydrogens is 613 g/mol. The summed E-state index contributed by atoms with van der Waals surface area (Å²) in [5.74, 6) is 1.01. The second-order valence-corrected chi connectivity index (χ2v) is 12.5. The molecule has 5 nitrogen and oxygen atoms in total. The molecule has 7 aromatic carbocycles. The average Bonchev–Trinajstić information content (AvgIpc) is 3.82. The molecule has 0 amide bonds. The van der Waals surface area contributed by atoms with Crippen LogP contribution in [0.4, 0.5) is 0 Å². The summed E-state index contributed by atoms with van der Waals surface area (Å²) >= 11 is 0. The highest BCUT2D eigenvalue weighted by atomic mass is 16.4. The molecule has 0 aliphatic carbocycles. The fraction of sp³-hybridized carbons (Fsp3) is 0. The van der Waals surface area contributed by atoms with Crippen LogP contribution in [0.3, 0.4) is 0 Å². The highest BCUT2D eigenvalue weighted by molar-refractivity contribution is 6.26. The maximum atomic E-state index is 5.99. The Morgan fingerprint density at radius 3 is 1.66 bits per heavy atom. The Hall–Kier alpha value is -6.85. The number of benzene rings is 7. The number of hydrogen-bond donors (Lipinski definition) is 0. The Morgan fingerprint density at radius 2 is 0.940 bits per heavy atom. The summed E-state index contributed by atoms with van der Waals surface area (Å²) in [6.45, 7) is 0. The zero-order valence-electron chi connectivity index (χ0n) is 26.9. The zero-order valence-corrected chi connectivity index (χ0v) is 26.9. The molecule has 0 saturated carbocycles. The molecule has 0 spiro atoms. The average molecular weight is 641 g/mol. The molecule has 0 aliphatic rings. The quantitative estimate of drug-likeness (QED) is 0.176. The van der Waals surface area contributed by atoms with Crippen molar-refractivity contribution in [3.8, 4) is 51.0 Å². The van der Waals surface area contributed by atoms with Crippen molar-refractivity contribution in [3.63, 3.8) is 0 Å². The maximum absolute atomic E-state index is 5.99. The predicted molar refractivity (Wildman–Crippen MR) is 203 cm³/mol. The van der Waals surface area contributed by atoms with E-state index in [1.54, 1.807) is 0 Å². The molecule has 234 valence electrons. The van der Waals surface area contributed by atoms with Crippen molar-refractivity contribution < 1.29 is 4.42 Å². The lowest BCUT2D eigenvalue weighted by atomic mass is 9.97. The van der Waals surface area contributed by atoms with Crippen LogP contribution in [0.5, 0.6) is 0 Å². The minimum atomic E-state index is 0.502. The standard InChI is InChI=1S/C45H28N4O/c1-3-11-31(12-4-1)42-38-28-27-36-35-15-8-10-18-40(35)49(43(36)41(38)37-16-7-9-17-39(37)46-42)34-25-23-30(24-26-34)29-19-21-33(22-20-29)45-48-47-44(50-45)32-13-5-2-6-14-32/h1-28H. The van der Waals surface area contributed by atoms with Crippen LogP contribution in [0.15, 0.2) is 174 Å². The molecule has 0 saturated heterocycles. The van der Waals surface area contributed by atoms with E-state index < -0.39 is 0 Å². The topological polar surface area (TPSA) is 56.7 Å². The lowest BCUT2D eigenvalue weighted by molar-refractivity contribution is 0.584. The molecule has 50 heavy (non-hydrogen) atoms. The van der Waals surface area contributed by atoms with Gasteiger partial charge in [-0.25, -0.2) is 4.98 Å². The molecule has 0 atom stereocenters. The first-order valence-electron chi connectivity index (χ1n) is 16.7. The van der Waals surface area contributed by atoms with E-state index in [1.807, 2.05) is 42.5 Å². The van der Waals surface area contributed by atoms with Gasteiger partial charge in [0.25, 0.3) is 0 Å². The van der Waals surface area contributed by atoms with Crippen LogP contribution >= 0.6 is 0 Å². The van der Waals surface area contributed by atoms with E-state index >= 15 is 0 Å². The van der Waals surface area contributed by atoms with Crippen molar-refractivity contribution in [2.24, 2.45) is 0 Å². The lowest BCUT2D eigenvalue weighted by Crippen LogP contribution is -1.96. The summed E-state index contributed by atoms with van der Waals surface area (Å²) in [5.41, 5.74) is 10.6. The summed E-state index contributed by atoms with van der Waals surface area (Å²) in [5, 5.41) is 14.5. The molecule has 0 radical (unpaired) electrons. The normalized spacial score (nSPS) is 11.6. The SMILES string of the molecule is c1ccc(-c2nnc(-c3ccc(-c4ccc(-n5c6ccccc6c6ccc7c(-c8ccccc8)nc8ccccc8c7c65)cc4)cc3)o2)cc1. The Labute approximate surface area is 287 Å². The monoisotopic (exact) mass is 640 g/mol. The van der Waals surface area contributed by atoms with E-state index in [0.717, 1.165) is 55.5 Å². The fourth-order valence-corrected chi connectivity index (χ4v) is 7.22. The first kappa shape index (κ1) is 28.2. The fourth-order valence-electron chi connectivity index (χ4n) is 7.22.